The lowest BCUT2D eigenvalue weighted by atomic mass is 9.93. The van der Waals surface area contributed by atoms with Crippen molar-refractivity contribution in [3.8, 4) is 11.5 Å². The first-order chi connectivity index (χ1) is 14.2. The van der Waals surface area contributed by atoms with E-state index in [9.17, 15) is 9.59 Å². The minimum absolute atomic E-state index is 0.161. The van der Waals surface area contributed by atoms with Gasteiger partial charge in [-0.3, -0.25) is 0 Å². The number of amides is 2. The van der Waals surface area contributed by atoms with Gasteiger partial charge in [0.2, 0.25) is 6.79 Å². The van der Waals surface area contributed by atoms with Crippen molar-refractivity contribution in [3.05, 3.63) is 35.0 Å². The van der Waals surface area contributed by atoms with Gasteiger partial charge in [0.25, 0.3) is 0 Å². The minimum atomic E-state index is -0.625. The Balaban J connectivity index is 1.64. The molecule has 0 spiro atoms. The number of nitrogens with one attached hydrogen (secondary N) is 3. The highest BCUT2D eigenvalue weighted by Gasteiger charge is 2.34. The van der Waals surface area contributed by atoms with Gasteiger partial charge in [-0.2, -0.15) is 0 Å². The van der Waals surface area contributed by atoms with Crippen LogP contribution in [0.3, 0.4) is 0 Å². The standard InChI is InChI=1S/C21H27N3O5/c1-2-27-20(25)18-15(11-22-14-6-4-3-5-7-14)23-21(26)24-19(18)13-8-9-16-17(10-13)29-12-28-16/h8-10,14,19,22H,2-7,11-12H2,1H3,(H2,23,24,26)/t19-/m1/s1. The van der Waals surface area contributed by atoms with Gasteiger partial charge >= 0.3 is 12.0 Å². The second-order valence-electron chi connectivity index (χ2n) is 7.47. The van der Waals surface area contributed by atoms with Crippen LogP contribution in [0, 0.1) is 0 Å². The zero-order chi connectivity index (χ0) is 20.2. The van der Waals surface area contributed by atoms with Crippen molar-refractivity contribution in [1.82, 2.24) is 16.0 Å². The maximum absolute atomic E-state index is 12.8. The summed E-state index contributed by atoms with van der Waals surface area (Å²) in [4.78, 5) is 25.2. The maximum Gasteiger partial charge on any atom is 0.338 e. The van der Waals surface area contributed by atoms with E-state index in [1.807, 2.05) is 6.07 Å². The molecule has 3 aliphatic rings. The molecule has 3 N–H and O–H groups in total. The second-order valence-corrected chi connectivity index (χ2v) is 7.47. The molecule has 0 aromatic heterocycles. The first-order valence-corrected chi connectivity index (χ1v) is 10.3. The van der Waals surface area contributed by atoms with Gasteiger partial charge in [0.05, 0.1) is 18.2 Å². The Morgan fingerprint density at radius 1 is 1.21 bits per heavy atom. The van der Waals surface area contributed by atoms with E-state index < -0.39 is 12.0 Å². The van der Waals surface area contributed by atoms with Gasteiger partial charge in [0.1, 0.15) is 0 Å². The van der Waals surface area contributed by atoms with Crippen LogP contribution >= 0.6 is 0 Å². The third-order valence-electron chi connectivity index (χ3n) is 5.55. The molecule has 29 heavy (non-hydrogen) atoms. The molecule has 2 amide bonds. The van der Waals surface area contributed by atoms with Crippen LogP contribution in [0.1, 0.15) is 50.6 Å². The van der Waals surface area contributed by atoms with Crippen molar-refractivity contribution in [2.24, 2.45) is 0 Å². The molecule has 4 rings (SSSR count). The molecule has 0 saturated heterocycles. The number of hydrogen-bond acceptors (Lipinski definition) is 6. The topological polar surface area (TPSA) is 97.9 Å². The molecule has 0 unspecified atom stereocenters. The Hall–Kier alpha value is -2.74. The first kappa shape index (κ1) is 19.6. The van der Waals surface area contributed by atoms with Crippen LogP contribution in [0.5, 0.6) is 11.5 Å². The van der Waals surface area contributed by atoms with E-state index >= 15 is 0 Å². The lowest BCUT2D eigenvalue weighted by Gasteiger charge is -2.31. The van der Waals surface area contributed by atoms with E-state index in [0.29, 0.717) is 35.4 Å². The summed E-state index contributed by atoms with van der Waals surface area (Å²) >= 11 is 0. The van der Waals surface area contributed by atoms with E-state index in [1.54, 1.807) is 19.1 Å². The number of carbonyl (C=O) groups excluding carboxylic acids is 2. The first-order valence-electron chi connectivity index (χ1n) is 10.3. The van der Waals surface area contributed by atoms with Crippen molar-refractivity contribution in [2.45, 2.75) is 51.1 Å². The zero-order valence-electron chi connectivity index (χ0n) is 16.6. The molecule has 1 atom stereocenters. The number of fused-ring (bicyclic) bond motifs is 1. The molecule has 0 radical (unpaired) electrons. The number of ether oxygens (including phenoxy) is 3. The fourth-order valence-electron chi connectivity index (χ4n) is 4.10. The van der Waals surface area contributed by atoms with Crippen LogP contribution in [0.15, 0.2) is 29.5 Å². The highest BCUT2D eigenvalue weighted by molar-refractivity contribution is 5.95. The molecule has 2 heterocycles. The summed E-state index contributed by atoms with van der Waals surface area (Å²) in [6, 6.07) is 4.84. The molecule has 1 fully saturated rings. The summed E-state index contributed by atoms with van der Waals surface area (Å²) in [6.07, 6.45) is 5.89. The quantitative estimate of drug-likeness (QED) is 0.634. The molecule has 1 aliphatic carbocycles. The second kappa shape index (κ2) is 8.73. The van der Waals surface area contributed by atoms with Gasteiger partial charge in [0.15, 0.2) is 11.5 Å². The maximum atomic E-state index is 12.8. The number of benzene rings is 1. The van der Waals surface area contributed by atoms with Crippen molar-refractivity contribution in [1.29, 1.82) is 0 Å². The van der Waals surface area contributed by atoms with E-state index in [4.69, 9.17) is 14.2 Å². The van der Waals surface area contributed by atoms with E-state index in [-0.39, 0.29) is 19.4 Å². The molecular formula is C21H27N3O5. The highest BCUT2D eigenvalue weighted by atomic mass is 16.7. The molecule has 2 aliphatic heterocycles. The smallest absolute Gasteiger partial charge is 0.338 e. The fourth-order valence-corrected chi connectivity index (χ4v) is 4.10. The Morgan fingerprint density at radius 2 is 2.00 bits per heavy atom. The molecule has 156 valence electrons. The van der Waals surface area contributed by atoms with Crippen LogP contribution in [-0.2, 0) is 9.53 Å². The van der Waals surface area contributed by atoms with E-state index in [2.05, 4.69) is 16.0 Å². The van der Waals surface area contributed by atoms with Gasteiger partial charge in [-0.15, -0.1) is 0 Å². The van der Waals surface area contributed by atoms with Crippen molar-refractivity contribution >= 4 is 12.0 Å². The average Bonchev–Trinajstić information content (AvgIpc) is 3.20. The summed E-state index contributed by atoms with van der Waals surface area (Å²) < 4.78 is 16.1. The van der Waals surface area contributed by atoms with Crippen LogP contribution < -0.4 is 25.4 Å². The highest BCUT2D eigenvalue weighted by Crippen LogP contribution is 2.37. The Morgan fingerprint density at radius 3 is 2.79 bits per heavy atom. The normalized spacial score (nSPS) is 21.6. The SMILES string of the molecule is CCOC(=O)C1=C(CNC2CCCCC2)NC(=O)N[C@@H]1c1ccc2c(c1)OCO2. The summed E-state index contributed by atoms with van der Waals surface area (Å²) in [5, 5.41) is 9.16. The van der Waals surface area contributed by atoms with Crippen LogP contribution in [0.4, 0.5) is 4.79 Å². The van der Waals surface area contributed by atoms with Gasteiger partial charge in [-0.25, -0.2) is 9.59 Å². The molecule has 0 bridgehead atoms. The summed E-state index contributed by atoms with van der Waals surface area (Å²) in [5.41, 5.74) is 1.70. The van der Waals surface area contributed by atoms with Crippen LogP contribution in [-0.4, -0.2) is 38.0 Å². The average molecular weight is 401 g/mol. The lowest BCUT2D eigenvalue weighted by Crippen LogP contribution is -2.49. The molecule has 8 heteroatoms. The van der Waals surface area contributed by atoms with Gasteiger partial charge in [0, 0.05) is 18.3 Å². The number of rotatable bonds is 6. The van der Waals surface area contributed by atoms with Crippen LogP contribution in [0.25, 0.3) is 0 Å². The third-order valence-corrected chi connectivity index (χ3v) is 5.55. The Kier molecular flexibility index (Phi) is 5.89. The Bertz CT molecular complexity index is 817. The third kappa shape index (κ3) is 4.32. The molecule has 8 nitrogen and oxygen atoms in total. The lowest BCUT2D eigenvalue weighted by molar-refractivity contribution is -0.139. The van der Waals surface area contributed by atoms with E-state index in [0.717, 1.165) is 18.4 Å². The summed E-state index contributed by atoms with van der Waals surface area (Å²) in [7, 11) is 0. The monoisotopic (exact) mass is 401 g/mol. The zero-order valence-corrected chi connectivity index (χ0v) is 16.6. The van der Waals surface area contributed by atoms with Crippen molar-refractivity contribution < 1.29 is 23.8 Å². The van der Waals surface area contributed by atoms with Gasteiger partial charge in [-0.1, -0.05) is 25.3 Å². The molecule has 1 saturated carbocycles. The number of urea groups is 1. The molecule has 1 aromatic rings. The number of hydrogen-bond donors (Lipinski definition) is 3. The molecular weight excluding hydrogens is 374 g/mol. The van der Waals surface area contributed by atoms with Gasteiger partial charge in [-0.05, 0) is 37.5 Å². The number of carbonyl (C=O) groups is 2. The predicted octanol–water partition coefficient (Wildman–Crippen LogP) is 2.51. The number of esters is 1. The minimum Gasteiger partial charge on any atom is -0.463 e. The van der Waals surface area contributed by atoms with Gasteiger partial charge < -0.3 is 30.2 Å². The van der Waals surface area contributed by atoms with Crippen LogP contribution in [0.2, 0.25) is 0 Å². The predicted molar refractivity (Wildman–Crippen MR) is 106 cm³/mol. The summed E-state index contributed by atoms with van der Waals surface area (Å²) in [6.45, 7) is 2.60. The Labute approximate surface area is 170 Å². The van der Waals surface area contributed by atoms with Crippen molar-refractivity contribution in [2.75, 3.05) is 19.9 Å². The fraction of sp³-hybridized carbons (Fsp3) is 0.524. The largest absolute Gasteiger partial charge is 0.463 e. The van der Waals surface area contributed by atoms with Crippen molar-refractivity contribution in [3.63, 3.8) is 0 Å². The summed E-state index contributed by atoms with van der Waals surface area (Å²) in [5.74, 6) is 0.804. The molecule has 1 aromatic carbocycles. The van der Waals surface area contributed by atoms with E-state index in [1.165, 1.54) is 19.3 Å².